The van der Waals surface area contributed by atoms with E-state index in [9.17, 15) is 0 Å². The minimum absolute atomic E-state index is 1.02. The highest BCUT2D eigenvalue weighted by Gasteiger charge is 2.19. The monoisotopic (exact) mass is 198 g/mol. The molecular formula is C14H30. The molecule has 14 heavy (non-hydrogen) atoms. The predicted octanol–water partition coefficient (Wildman–Crippen LogP) is 5.42. The highest BCUT2D eigenvalue weighted by Crippen LogP contribution is 2.32. The van der Waals surface area contributed by atoms with Crippen LogP contribution < -0.4 is 0 Å². The predicted molar refractivity (Wildman–Crippen MR) is 66.6 cm³/mol. The summed E-state index contributed by atoms with van der Waals surface area (Å²) < 4.78 is 0. The third-order valence-corrected chi connectivity index (χ3v) is 3.47. The molecule has 1 aliphatic carbocycles. The Bertz CT molecular complexity index is 107. The van der Waals surface area contributed by atoms with Gasteiger partial charge in [-0.3, -0.25) is 0 Å². The Morgan fingerprint density at radius 1 is 1.00 bits per heavy atom. The summed E-state index contributed by atoms with van der Waals surface area (Å²) in [6.07, 6.45) is 11.8. The fourth-order valence-electron chi connectivity index (χ4n) is 2.48. The first-order chi connectivity index (χ1) is 6.84. The van der Waals surface area contributed by atoms with Crippen molar-refractivity contribution in [3.8, 4) is 0 Å². The smallest absolute Gasteiger partial charge is 0.0388 e. The summed E-state index contributed by atoms with van der Waals surface area (Å²) >= 11 is 0. The van der Waals surface area contributed by atoms with Crippen LogP contribution in [0.5, 0.6) is 0 Å². The van der Waals surface area contributed by atoms with Crippen molar-refractivity contribution >= 4 is 0 Å². The molecule has 0 heterocycles. The van der Waals surface area contributed by atoms with Crippen LogP contribution in [-0.2, 0) is 0 Å². The summed E-state index contributed by atoms with van der Waals surface area (Å²) in [6.45, 7) is 8.75. The Kier molecular flexibility index (Phi) is 9.55. The summed E-state index contributed by atoms with van der Waals surface area (Å²) in [5.74, 6) is 2.10. The lowest BCUT2D eigenvalue weighted by Gasteiger charge is -2.28. The molecule has 1 aliphatic rings. The lowest BCUT2D eigenvalue weighted by Crippen LogP contribution is -2.16. The summed E-state index contributed by atoms with van der Waals surface area (Å²) in [6, 6.07) is 0. The molecule has 0 saturated heterocycles. The Hall–Kier alpha value is 0. The van der Waals surface area contributed by atoms with Crippen LogP contribution in [-0.4, -0.2) is 0 Å². The standard InChI is InChI=1S/C12H24.C2H6/c1-3-4-5-9-12-10-7-6-8-11(12)2;1-2/h11-12H,3-10H2,1-2H3;1-2H3. The fraction of sp³-hybridized carbons (Fsp3) is 1.00. The minimum atomic E-state index is 1.02. The largest absolute Gasteiger partial charge is 0.0683 e. The first-order valence-corrected chi connectivity index (χ1v) is 6.84. The molecule has 1 fully saturated rings. The van der Waals surface area contributed by atoms with Gasteiger partial charge in [0.05, 0.1) is 0 Å². The van der Waals surface area contributed by atoms with Crippen LogP contribution in [0.15, 0.2) is 0 Å². The van der Waals surface area contributed by atoms with Crippen LogP contribution in [0.25, 0.3) is 0 Å². The highest BCUT2D eigenvalue weighted by atomic mass is 14.3. The molecule has 0 aromatic rings. The van der Waals surface area contributed by atoms with Crippen molar-refractivity contribution in [2.45, 2.75) is 79.1 Å². The summed E-state index contributed by atoms with van der Waals surface area (Å²) in [4.78, 5) is 0. The van der Waals surface area contributed by atoms with Crippen molar-refractivity contribution in [3.05, 3.63) is 0 Å². The molecule has 0 heteroatoms. The Morgan fingerprint density at radius 2 is 1.64 bits per heavy atom. The van der Waals surface area contributed by atoms with E-state index in [2.05, 4.69) is 13.8 Å². The minimum Gasteiger partial charge on any atom is -0.0683 e. The lowest BCUT2D eigenvalue weighted by atomic mass is 9.78. The third-order valence-electron chi connectivity index (χ3n) is 3.47. The summed E-state index contributed by atoms with van der Waals surface area (Å²) in [5.41, 5.74) is 0. The van der Waals surface area contributed by atoms with Gasteiger partial charge in [0.1, 0.15) is 0 Å². The zero-order valence-electron chi connectivity index (χ0n) is 10.8. The lowest BCUT2D eigenvalue weighted by molar-refractivity contribution is 0.236. The van der Waals surface area contributed by atoms with Gasteiger partial charge in [-0.05, 0) is 11.8 Å². The van der Waals surface area contributed by atoms with Crippen LogP contribution in [0.2, 0.25) is 0 Å². The number of hydrogen-bond donors (Lipinski definition) is 0. The van der Waals surface area contributed by atoms with Crippen LogP contribution in [0, 0.1) is 11.8 Å². The fourth-order valence-corrected chi connectivity index (χ4v) is 2.48. The number of unbranched alkanes of at least 4 members (excludes halogenated alkanes) is 2. The van der Waals surface area contributed by atoms with Gasteiger partial charge >= 0.3 is 0 Å². The Morgan fingerprint density at radius 3 is 2.21 bits per heavy atom. The zero-order valence-corrected chi connectivity index (χ0v) is 10.8. The van der Waals surface area contributed by atoms with Gasteiger partial charge in [-0.1, -0.05) is 79.1 Å². The molecule has 0 aromatic heterocycles. The van der Waals surface area contributed by atoms with Gasteiger partial charge in [0, 0.05) is 0 Å². The first kappa shape index (κ1) is 14.0. The normalized spacial score (nSPS) is 26.6. The molecule has 1 saturated carbocycles. The first-order valence-electron chi connectivity index (χ1n) is 6.84. The molecule has 2 unspecified atom stereocenters. The van der Waals surface area contributed by atoms with E-state index in [4.69, 9.17) is 0 Å². The second-order valence-corrected chi connectivity index (χ2v) is 4.52. The molecular weight excluding hydrogens is 168 g/mol. The topological polar surface area (TPSA) is 0 Å². The number of hydrogen-bond acceptors (Lipinski definition) is 0. The molecule has 0 aliphatic heterocycles. The van der Waals surface area contributed by atoms with Crippen molar-refractivity contribution in [2.75, 3.05) is 0 Å². The number of rotatable bonds is 4. The van der Waals surface area contributed by atoms with Gasteiger partial charge in [-0.25, -0.2) is 0 Å². The second kappa shape index (κ2) is 9.55. The molecule has 0 amide bonds. The molecule has 0 aromatic carbocycles. The summed E-state index contributed by atoms with van der Waals surface area (Å²) in [7, 11) is 0. The van der Waals surface area contributed by atoms with Gasteiger partial charge in [-0.15, -0.1) is 0 Å². The molecule has 86 valence electrons. The maximum atomic E-state index is 2.45. The van der Waals surface area contributed by atoms with Crippen molar-refractivity contribution in [1.82, 2.24) is 0 Å². The van der Waals surface area contributed by atoms with E-state index >= 15 is 0 Å². The van der Waals surface area contributed by atoms with E-state index in [0.717, 1.165) is 11.8 Å². The molecule has 0 radical (unpaired) electrons. The van der Waals surface area contributed by atoms with Gasteiger partial charge in [-0.2, -0.15) is 0 Å². The van der Waals surface area contributed by atoms with E-state index in [1.165, 1.54) is 51.4 Å². The van der Waals surface area contributed by atoms with E-state index in [-0.39, 0.29) is 0 Å². The third kappa shape index (κ3) is 5.67. The highest BCUT2D eigenvalue weighted by molar-refractivity contribution is 4.71. The van der Waals surface area contributed by atoms with E-state index < -0.39 is 0 Å². The molecule has 1 rings (SSSR count). The average Bonchev–Trinajstić information content (AvgIpc) is 2.24. The van der Waals surface area contributed by atoms with E-state index in [1.54, 1.807) is 0 Å². The molecule has 2 atom stereocenters. The Labute approximate surface area is 91.5 Å². The average molecular weight is 198 g/mol. The zero-order chi connectivity index (χ0) is 10.8. The molecule has 0 N–H and O–H groups in total. The van der Waals surface area contributed by atoms with Crippen molar-refractivity contribution in [1.29, 1.82) is 0 Å². The van der Waals surface area contributed by atoms with Crippen molar-refractivity contribution < 1.29 is 0 Å². The van der Waals surface area contributed by atoms with Gasteiger partial charge in [0.15, 0.2) is 0 Å². The second-order valence-electron chi connectivity index (χ2n) is 4.52. The summed E-state index contributed by atoms with van der Waals surface area (Å²) in [5, 5.41) is 0. The SMILES string of the molecule is CC.CCCCCC1CCCCC1C. The van der Waals surface area contributed by atoms with Crippen LogP contribution >= 0.6 is 0 Å². The quantitative estimate of drug-likeness (QED) is 0.529. The van der Waals surface area contributed by atoms with Crippen LogP contribution in [0.3, 0.4) is 0 Å². The van der Waals surface area contributed by atoms with Crippen molar-refractivity contribution in [2.24, 2.45) is 11.8 Å². The van der Waals surface area contributed by atoms with Crippen molar-refractivity contribution in [3.63, 3.8) is 0 Å². The van der Waals surface area contributed by atoms with E-state index in [0.29, 0.717) is 0 Å². The molecule has 0 bridgehead atoms. The van der Waals surface area contributed by atoms with Gasteiger partial charge in [0.25, 0.3) is 0 Å². The Balaban J connectivity index is 0.000000791. The van der Waals surface area contributed by atoms with Crippen LogP contribution in [0.1, 0.15) is 79.1 Å². The van der Waals surface area contributed by atoms with Crippen LogP contribution in [0.4, 0.5) is 0 Å². The maximum Gasteiger partial charge on any atom is -0.0388 e. The maximum absolute atomic E-state index is 2.45. The van der Waals surface area contributed by atoms with Gasteiger partial charge < -0.3 is 0 Å². The molecule has 0 spiro atoms. The van der Waals surface area contributed by atoms with Gasteiger partial charge in [0.2, 0.25) is 0 Å². The van der Waals surface area contributed by atoms with E-state index in [1.807, 2.05) is 13.8 Å². The molecule has 0 nitrogen and oxygen atoms in total.